The van der Waals surface area contributed by atoms with Crippen molar-refractivity contribution in [2.45, 2.75) is 19.8 Å². The minimum atomic E-state index is -0.430. The number of nitrogen functional groups attached to an aromatic ring is 1. The Morgan fingerprint density at radius 1 is 1.25 bits per heavy atom. The standard InChI is InChI=1S/C21H20N4O2S/c1-3-27-20(26)15-11(2)23-19-17(18(22)24-21(28)25-19)16(15)14-10-6-8-12-7-4-5-9-13(12)14/h4-10,16H,3H2,1-2H3,(H4,22,23,24,25,28). The number of nitrogens with two attached hydrogens (primary N) is 1. The van der Waals surface area contributed by atoms with Gasteiger partial charge in [-0.05, 0) is 42.4 Å². The molecule has 0 bridgehead atoms. The highest BCUT2D eigenvalue weighted by Gasteiger charge is 2.36. The summed E-state index contributed by atoms with van der Waals surface area (Å²) in [6.07, 6.45) is 0. The monoisotopic (exact) mass is 392 g/mol. The second-order valence-corrected chi connectivity index (χ2v) is 6.99. The summed E-state index contributed by atoms with van der Waals surface area (Å²) in [4.78, 5) is 20.2. The molecule has 0 amide bonds. The molecule has 142 valence electrons. The van der Waals surface area contributed by atoms with E-state index in [1.807, 2.05) is 49.4 Å². The van der Waals surface area contributed by atoms with Gasteiger partial charge in [0.15, 0.2) is 4.77 Å². The van der Waals surface area contributed by atoms with Gasteiger partial charge in [-0.25, -0.2) is 9.78 Å². The molecular weight excluding hydrogens is 372 g/mol. The molecule has 28 heavy (non-hydrogen) atoms. The molecular formula is C21H20N4O2S. The molecule has 1 aliphatic rings. The predicted octanol–water partition coefficient (Wildman–Crippen LogP) is 4.27. The van der Waals surface area contributed by atoms with Crippen LogP contribution in [0.25, 0.3) is 10.8 Å². The average Bonchev–Trinajstić information content (AvgIpc) is 2.66. The molecule has 7 heteroatoms. The predicted molar refractivity (Wildman–Crippen MR) is 113 cm³/mol. The molecule has 2 aromatic carbocycles. The lowest BCUT2D eigenvalue weighted by Crippen LogP contribution is -2.26. The fourth-order valence-electron chi connectivity index (χ4n) is 3.79. The third-order valence-corrected chi connectivity index (χ3v) is 5.11. The number of hydrogen-bond donors (Lipinski definition) is 3. The van der Waals surface area contributed by atoms with Crippen molar-refractivity contribution in [1.29, 1.82) is 0 Å². The Kier molecular flexibility index (Phi) is 4.60. The number of carbonyl (C=O) groups is 1. The first-order valence-corrected chi connectivity index (χ1v) is 9.44. The summed E-state index contributed by atoms with van der Waals surface area (Å²) in [5.41, 5.74) is 9.17. The van der Waals surface area contributed by atoms with Crippen molar-refractivity contribution in [2.75, 3.05) is 17.7 Å². The minimum absolute atomic E-state index is 0.285. The first kappa shape index (κ1) is 18.2. The van der Waals surface area contributed by atoms with E-state index < -0.39 is 5.92 Å². The summed E-state index contributed by atoms with van der Waals surface area (Å²) in [5.74, 6) is 0.137. The number of nitrogens with zero attached hydrogens (tertiary/aromatic N) is 1. The van der Waals surface area contributed by atoms with E-state index in [1.165, 1.54) is 0 Å². The second-order valence-electron chi connectivity index (χ2n) is 6.60. The Bertz CT molecular complexity index is 1180. The number of aromatic nitrogens is 2. The number of aromatic amines is 1. The average molecular weight is 392 g/mol. The van der Waals surface area contributed by atoms with Crippen LogP contribution in [0.5, 0.6) is 0 Å². The van der Waals surface area contributed by atoms with Gasteiger partial charge in [-0.3, -0.25) is 0 Å². The van der Waals surface area contributed by atoms with Crippen LogP contribution < -0.4 is 11.1 Å². The number of anilines is 2. The molecule has 4 N–H and O–H groups in total. The molecule has 0 saturated carbocycles. The van der Waals surface area contributed by atoms with E-state index in [2.05, 4.69) is 15.3 Å². The number of nitrogens with one attached hydrogen (secondary N) is 2. The smallest absolute Gasteiger partial charge is 0.336 e. The molecule has 6 nitrogen and oxygen atoms in total. The van der Waals surface area contributed by atoms with Crippen molar-refractivity contribution in [3.8, 4) is 0 Å². The van der Waals surface area contributed by atoms with Crippen LogP contribution in [-0.2, 0) is 9.53 Å². The van der Waals surface area contributed by atoms with E-state index in [-0.39, 0.29) is 17.3 Å². The number of H-pyrrole nitrogens is 1. The maximum absolute atomic E-state index is 12.9. The van der Waals surface area contributed by atoms with E-state index in [0.29, 0.717) is 28.5 Å². The van der Waals surface area contributed by atoms with Gasteiger partial charge in [0, 0.05) is 11.3 Å². The molecule has 0 fully saturated rings. The van der Waals surface area contributed by atoms with E-state index in [9.17, 15) is 4.79 Å². The number of hydrogen-bond acceptors (Lipinski definition) is 6. The van der Waals surface area contributed by atoms with Gasteiger partial charge in [0.05, 0.1) is 18.1 Å². The Morgan fingerprint density at radius 2 is 2.00 bits per heavy atom. The van der Waals surface area contributed by atoms with Crippen LogP contribution in [0.1, 0.15) is 30.9 Å². The Balaban J connectivity index is 2.05. The molecule has 4 rings (SSSR count). The molecule has 0 saturated heterocycles. The fourth-order valence-corrected chi connectivity index (χ4v) is 3.99. The van der Waals surface area contributed by atoms with Crippen molar-refractivity contribution in [2.24, 2.45) is 0 Å². The lowest BCUT2D eigenvalue weighted by molar-refractivity contribution is -0.138. The molecule has 1 aromatic heterocycles. The van der Waals surface area contributed by atoms with E-state index in [0.717, 1.165) is 16.3 Å². The molecule has 1 atom stereocenters. The molecule has 0 radical (unpaired) electrons. The maximum Gasteiger partial charge on any atom is 0.336 e. The molecule has 2 heterocycles. The van der Waals surface area contributed by atoms with Crippen molar-refractivity contribution < 1.29 is 9.53 Å². The molecule has 3 aromatic rings. The summed E-state index contributed by atoms with van der Waals surface area (Å²) >= 11 is 5.18. The normalized spacial score (nSPS) is 15.9. The number of benzene rings is 2. The van der Waals surface area contributed by atoms with E-state index in [4.69, 9.17) is 22.7 Å². The lowest BCUT2D eigenvalue weighted by atomic mass is 9.80. The van der Waals surface area contributed by atoms with Crippen LogP contribution in [0.2, 0.25) is 0 Å². The zero-order valence-corrected chi connectivity index (χ0v) is 16.4. The number of ether oxygens (including phenoxy) is 1. The quantitative estimate of drug-likeness (QED) is 0.455. The SMILES string of the molecule is CCOC(=O)C1=C(C)Nc2nc(=S)[nH]c(N)c2C1c1cccc2ccccc12. The lowest BCUT2D eigenvalue weighted by Gasteiger charge is -2.30. The fraction of sp³-hybridized carbons (Fsp3) is 0.190. The van der Waals surface area contributed by atoms with Gasteiger partial charge < -0.3 is 20.8 Å². The third-order valence-electron chi connectivity index (χ3n) is 4.92. The number of carbonyl (C=O) groups excluding carboxylic acids is 1. The van der Waals surface area contributed by atoms with Gasteiger partial charge in [0.25, 0.3) is 0 Å². The van der Waals surface area contributed by atoms with Gasteiger partial charge in [-0.2, -0.15) is 0 Å². The van der Waals surface area contributed by atoms with Crippen LogP contribution in [0.15, 0.2) is 53.7 Å². The highest BCUT2D eigenvalue weighted by molar-refractivity contribution is 7.71. The van der Waals surface area contributed by atoms with Crippen molar-refractivity contribution >= 4 is 40.6 Å². The molecule has 0 aliphatic carbocycles. The summed E-state index contributed by atoms with van der Waals surface area (Å²) < 4.78 is 5.65. The first-order valence-electron chi connectivity index (χ1n) is 9.03. The summed E-state index contributed by atoms with van der Waals surface area (Å²) in [6, 6.07) is 14.1. The molecule has 1 aliphatic heterocycles. The van der Waals surface area contributed by atoms with Crippen molar-refractivity contribution in [1.82, 2.24) is 9.97 Å². The minimum Gasteiger partial charge on any atom is -0.463 e. The summed E-state index contributed by atoms with van der Waals surface area (Å²) in [7, 11) is 0. The van der Waals surface area contributed by atoms with Crippen molar-refractivity contribution in [3.05, 3.63) is 69.6 Å². The van der Waals surface area contributed by atoms with Crippen LogP contribution in [0, 0.1) is 4.77 Å². The van der Waals surface area contributed by atoms with E-state index in [1.54, 1.807) is 6.92 Å². The zero-order chi connectivity index (χ0) is 19.8. The Morgan fingerprint density at radius 3 is 2.79 bits per heavy atom. The Labute approximate surface area is 167 Å². The van der Waals surface area contributed by atoms with Gasteiger partial charge in [-0.15, -0.1) is 0 Å². The number of rotatable bonds is 3. The summed E-state index contributed by atoms with van der Waals surface area (Å²) in [6.45, 7) is 3.92. The first-order chi connectivity index (χ1) is 13.5. The van der Waals surface area contributed by atoms with Gasteiger partial charge in [-0.1, -0.05) is 42.5 Å². The number of fused-ring (bicyclic) bond motifs is 2. The summed E-state index contributed by atoms with van der Waals surface area (Å²) in [5, 5.41) is 5.30. The Hall–Kier alpha value is -3.19. The highest BCUT2D eigenvalue weighted by Crippen LogP contribution is 2.45. The van der Waals surface area contributed by atoms with Crippen LogP contribution in [0.3, 0.4) is 0 Å². The molecule has 0 spiro atoms. The number of allylic oxidation sites excluding steroid dienone is 1. The van der Waals surface area contributed by atoms with Crippen LogP contribution in [0.4, 0.5) is 11.6 Å². The highest BCUT2D eigenvalue weighted by atomic mass is 32.1. The van der Waals surface area contributed by atoms with Crippen molar-refractivity contribution in [3.63, 3.8) is 0 Å². The van der Waals surface area contributed by atoms with Gasteiger partial charge in [0.2, 0.25) is 0 Å². The van der Waals surface area contributed by atoms with Gasteiger partial charge in [0.1, 0.15) is 11.6 Å². The van der Waals surface area contributed by atoms with Crippen LogP contribution >= 0.6 is 12.2 Å². The second kappa shape index (κ2) is 7.09. The topological polar surface area (TPSA) is 93.0 Å². The maximum atomic E-state index is 12.9. The zero-order valence-electron chi connectivity index (χ0n) is 15.6. The third kappa shape index (κ3) is 2.93. The largest absolute Gasteiger partial charge is 0.463 e. The van der Waals surface area contributed by atoms with Gasteiger partial charge >= 0.3 is 5.97 Å². The van der Waals surface area contributed by atoms with E-state index >= 15 is 0 Å². The number of esters is 1. The van der Waals surface area contributed by atoms with Crippen LogP contribution in [-0.4, -0.2) is 22.5 Å². The molecule has 1 unspecified atom stereocenters.